The third kappa shape index (κ3) is 1.71. The van der Waals surface area contributed by atoms with Crippen LogP contribution in [0, 0.1) is 0 Å². The first-order chi connectivity index (χ1) is 9.31. The molecule has 0 unspecified atom stereocenters. The van der Waals surface area contributed by atoms with E-state index in [1.807, 2.05) is 24.3 Å². The molecule has 0 aliphatic carbocycles. The molecule has 1 N–H and O–H groups in total. The zero-order valence-corrected chi connectivity index (χ0v) is 11.6. The van der Waals surface area contributed by atoms with E-state index in [0.29, 0.717) is 0 Å². The average Bonchev–Trinajstić information content (AvgIpc) is 3.00. The molecule has 4 rings (SSSR count). The predicted molar refractivity (Wildman–Crippen MR) is 79.6 cm³/mol. The van der Waals surface area contributed by atoms with Gasteiger partial charge in [0.15, 0.2) is 5.82 Å². The standard InChI is InChI=1S/C15H10BrN3/c16-10-6-5-9-8-17-14(11(9)7-10)15-18-12-3-1-2-4-13(12)19-15/h1-7H,8H2,(H,18,19). The van der Waals surface area contributed by atoms with Gasteiger partial charge in [0.1, 0.15) is 5.71 Å². The van der Waals surface area contributed by atoms with Gasteiger partial charge in [0.2, 0.25) is 0 Å². The lowest BCUT2D eigenvalue weighted by molar-refractivity contribution is 1.10. The maximum Gasteiger partial charge on any atom is 0.157 e. The van der Waals surface area contributed by atoms with Gasteiger partial charge in [-0.1, -0.05) is 34.1 Å². The summed E-state index contributed by atoms with van der Waals surface area (Å²) in [5.41, 5.74) is 5.38. The Labute approximate surface area is 118 Å². The molecule has 19 heavy (non-hydrogen) atoms. The molecule has 0 atom stereocenters. The number of hydrogen-bond acceptors (Lipinski definition) is 2. The van der Waals surface area contributed by atoms with Gasteiger partial charge in [-0.3, -0.25) is 4.99 Å². The largest absolute Gasteiger partial charge is 0.337 e. The number of H-pyrrole nitrogens is 1. The number of aliphatic imine (C=N–C) groups is 1. The Morgan fingerprint density at radius 3 is 2.89 bits per heavy atom. The fourth-order valence-corrected chi connectivity index (χ4v) is 2.78. The van der Waals surface area contributed by atoms with Crippen molar-refractivity contribution in [1.82, 2.24) is 9.97 Å². The van der Waals surface area contributed by atoms with E-state index >= 15 is 0 Å². The number of nitrogens with zero attached hydrogens (tertiary/aromatic N) is 2. The van der Waals surface area contributed by atoms with Crippen LogP contribution >= 0.6 is 15.9 Å². The van der Waals surface area contributed by atoms with Crippen molar-refractivity contribution in [2.24, 2.45) is 4.99 Å². The Kier molecular flexibility index (Phi) is 2.32. The molecule has 0 saturated heterocycles. The minimum absolute atomic E-state index is 0.731. The molecule has 0 spiro atoms. The molecule has 1 aliphatic heterocycles. The summed E-state index contributed by atoms with van der Waals surface area (Å²) in [5.74, 6) is 0.845. The number of benzene rings is 2. The molecular formula is C15H10BrN3. The molecule has 3 nitrogen and oxygen atoms in total. The number of hydrogen-bond donors (Lipinski definition) is 1. The molecular weight excluding hydrogens is 302 g/mol. The van der Waals surface area contributed by atoms with Gasteiger partial charge in [-0.05, 0) is 29.8 Å². The highest BCUT2D eigenvalue weighted by atomic mass is 79.9. The van der Waals surface area contributed by atoms with Crippen LogP contribution in [0.3, 0.4) is 0 Å². The Morgan fingerprint density at radius 1 is 1.11 bits per heavy atom. The van der Waals surface area contributed by atoms with Crippen LogP contribution in [0.15, 0.2) is 51.9 Å². The lowest BCUT2D eigenvalue weighted by Crippen LogP contribution is -2.03. The number of aromatic nitrogens is 2. The van der Waals surface area contributed by atoms with Crippen molar-refractivity contribution >= 4 is 32.7 Å². The molecule has 0 amide bonds. The van der Waals surface area contributed by atoms with Gasteiger partial charge in [0.05, 0.1) is 17.6 Å². The van der Waals surface area contributed by atoms with E-state index in [-0.39, 0.29) is 0 Å². The van der Waals surface area contributed by atoms with Crippen LogP contribution in [0.1, 0.15) is 17.0 Å². The number of fused-ring (bicyclic) bond motifs is 2. The van der Waals surface area contributed by atoms with Crippen LogP contribution < -0.4 is 0 Å². The Hall–Kier alpha value is -1.94. The summed E-state index contributed by atoms with van der Waals surface area (Å²) in [4.78, 5) is 12.6. The summed E-state index contributed by atoms with van der Waals surface area (Å²) in [6.07, 6.45) is 0. The van der Waals surface area contributed by atoms with Crippen molar-refractivity contribution in [1.29, 1.82) is 0 Å². The Balaban J connectivity index is 1.89. The first kappa shape index (κ1) is 10.9. The molecule has 92 valence electrons. The third-order valence-electron chi connectivity index (χ3n) is 3.35. The number of imidazole rings is 1. The van der Waals surface area contributed by atoms with E-state index in [1.165, 1.54) is 5.56 Å². The number of aromatic amines is 1. The summed E-state index contributed by atoms with van der Waals surface area (Å²) in [6.45, 7) is 0.731. The topological polar surface area (TPSA) is 41.0 Å². The fourth-order valence-electron chi connectivity index (χ4n) is 2.42. The molecule has 0 fully saturated rings. The molecule has 4 heteroatoms. The first-order valence-electron chi connectivity index (χ1n) is 6.09. The minimum Gasteiger partial charge on any atom is -0.337 e. The highest BCUT2D eigenvalue weighted by Crippen LogP contribution is 2.26. The van der Waals surface area contributed by atoms with Crippen LogP contribution in [-0.4, -0.2) is 15.7 Å². The number of para-hydroxylation sites is 2. The third-order valence-corrected chi connectivity index (χ3v) is 3.84. The minimum atomic E-state index is 0.731. The van der Waals surface area contributed by atoms with E-state index in [4.69, 9.17) is 0 Å². The molecule has 1 aromatic heterocycles. The van der Waals surface area contributed by atoms with Gasteiger partial charge in [-0.2, -0.15) is 0 Å². The SMILES string of the molecule is Brc1ccc2c(c1)C(c1nc3ccccc3[nH]1)=NC2. The number of halogens is 1. The highest BCUT2D eigenvalue weighted by Gasteiger charge is 2.20. The molecule has 0 radical (unpaired) electrons. The van der Waals surface area contributed by atoms with Gasteiger partial charge >= 0.3 is 0 Å². The van der Waals surface area contributed by atoms with Crippen molar-refractivity contribution in [3.63, 3.8) is 0 Å². The zero-order chi connectivity index (χ0) is 12.8. The van der Waals surface area contributed by atoms with Crippen LogP contribution in [0.5, 0.6) is 0 Å². The maximum absolute atomic E-state index is 4.62. The van der Waals surface area contributed by atoms with Crippen molar-refractivity contribution in [3.05, 3.63) is 63.9 Å². The van der Waals surface area contributed by atoms with Gasteiger partial charge in [0, 0.05) is 10.0 Å². The molecule has 0 bridgehead atoms. The molecule has 2 aromatic carbocycles. The predicted octanol–water partition coefficient (Wildman–Crippen LogP) is 3.68. The van der Waals surface area contributed by atoms with Crippen molar-refractivity contribution < 1.29 is 0 Å². The summed E-state index contributed by atoms with van der Waals surface area (Å²) in [7, 11) is 0. The van der Waals surface area contributed by atoms with E-state index in [9.17, 15) is 0 Å². The van der Waals surface area contributed by atoms with Crippen LogP contribution in [0.2, 0.25) is 0 Å². The van der Waals surface area contributed by atoms with Gasteiger partial charge in [0.25, 0.3) is 0 Å². The van der Waals surface area contributed by atoms with Crippen LogP contribution in [0.4, 0.5) is 0 Å². The Morgan fingerprint density at radius 2 is 2.00 bits per heavy atom. The summed E-state index contributed by atoms with van der Waals surface area (Å²) >= 11 is 3.51. The van der Waals surface area contributed by atoms with E-state index in [2.05, 4.69) is 49.1 Å². The van der Waals surface area contributed by atoms with Crippen LogP contribution in [0.25, 0.3) is 11.0 Å². The van der Waals surface area contributed by atoms with Gasteiger partial charge < -0.3 is 4.98 Å². The smallest absolute Gasteiger partial charge is 0.157 e. The van der Waals surface area contributed by atoms with Crippen LogP contribution in [-0.2, 0) is 6.54 Å². The summed E-state index contributed by atoms with van der Waals surface area (Å²) in [6, 6.07) is 14.3. The summed E-state index contributed by atoms with van der Waals surface area (Å²) in [5, 5.41) is 0. The second-order valence-electron chi connectivity index (χ2n) is 4.57. The number of nitrogens with one attached hydrogen (secondary N) is 1. The second kappa shape index (κ2) is 4.03. The normalized spacial score (nSPS) is 13.6. The molecule has 0 saturated carbocycles. The second-order valence-corrected chi connectivity index (χ2v) is 5.48. The van der Waals surface area contributed by atoms with E-state index in [0.717, 1.165) is 39.2 Å². The quantitative estimate of drug-likeness (QED) is 0.732. The fraction of sp³-hybridized carbons (Fsp3) is 0.0667. The monoisotopic (exact) mass is 311 g/mol. The average molecular weight is 312 g/mol. The zero-order valence-electron chi connectivity index (χ0n) is 10.0. The molecule has 1 aliphatic rings. The first-order valence-corrected chi connectivity index (χ1v) is 6.89. The number of rotatable bonds is 1. The van der Waals surface area contributed by atoms with E-state index in [1.54, 1.807) is 0 Å². The maximum atomic E-state index is 4.62. The Bertz CT molecular complexity index is 784. The molecule has 3 aromatic rings. The van der Waals surface area contributed by atoms with E-state index < -0.39 is 0 Å². The van der Waals surface area contributed by atoms with Crippen molar-refractivity contribution in [2.45, 2.75) is 6.54 Å². The molecule has 2 heterocycles. The highest BCUT2D eigenvalue weighted by molar-refractivity contribution is 9.10. The lowest BCUT2D eigenvalue weighted by Gasteiger charge is -2.01. The van der Waals surface area contributed by atoms with Gasteiger partial charge in [-0.15, -0.1) is 0 Å². The summed E-state index contributed by atoms with van der Waals surface area (Å²) < 4.78 is 1.07. The lowest BCUT2D eigenvalue weighted by atomic mass is 10.1. The van der Waals surface area contributed by atoms with Crippen molar-refractivity contribution in [3.8, 4) is 0 Å². The van der Waals surface area contributed by atoms with Crippen molar-refractivity contribution in [2.75, 3.05) is 0 Å². The van der Waals surface area contributed by atoms with Gasteiger partial charge in [-0.25, -0.2) is 4.98 Å².